The van der Waals surface area contributed by atoms with E-state index in [1.165, 1.54) is 22.8 Å². The highest BCUT2D eigenvalue weighted by Crippen LogP contribution is 2.46. The minimum Gasteiger partial charge on any atom is -0.458 e. The van der Waals surface area contributed by atoms with Crippen molar-refractivity contribution in [2.45, 2.75) is 103 Å². The first kappa shape index (κ1) is 53.2. The van der Waals surface area contributed by atoms with Gasteiger partial charge in [0.25, 0.3) is 17.4 Å². The van der Waals surface area contributed by atoms with Crippen molar-refractivity contribution in [1.82, 2.24) is 40.6 Å². The molecule has 0 unspecified atom stereocenters. The number of pyridine rings is 2. The zero-order chi connectivity index (χ0) is 53.9. The van der Waals surface area contributed by atoms with Crippen LogP contribution in [0.1, 0.15) is 97.4 Å². The first-order chi connectivity index (χ1) is 35.8. The monoisotopic (exact) mass is 1030 g/mol. The fourth-order valence-corrected chi connectivity index (χ4v) is 10.3. The molecule has 4 atom stereocenters. The Hall–Kier alpha value is -8.14. The molecule has 0 radical (unpaired) electrons. The Labute approximate surface area is 429 Å². The Bertz CT molecular complexity index is 3120. The molecule has 1 aliphatic carbocycles. The molecule has 3 aliphatic heterocycles. The molecule has 0 bridgehead atoms. The molecule has 8 rings (SSSR count). The molecule has 7 N–H and O–H groups in total. The van der Waals surface area contributed by atoms with E-state index >= 15 is 4.39 Å². The highest BCUT2D eigenvalue weighted by atomic mass is 19.1. The molecule has 2 aromatic carbocycles. The minimum atomic E-state index is -2.08. The Kier molecular flexibility index (Phi) is 15.7. The van der Waals surface area contributed by atoms with Crippen molar-refractivity contribution in [3.05, 3.63) is 110 Å². The van der Waals surface area contributed by atoms with E-state index < -0.39 is 96.0 Å². The SMILES string of the molecule is CC[C@@]1(O)C(=O)OCc2c1cc1n(c2=O)Cc2c-1nc1cc(F)c(C)c3c1c2[C@@H](NC(=O)[C@H](C)CN(CC(N)=O)C(=O)[C@H](Cc1ccccc1)NC(=O)CNC(=O)CNC(=O)CCCCCN1C(=O)C=CC1=O)CC3. The molecule has 394 valence electrons. The van der Waals surface area contributed by atoms with Gasteiger partial charge in [-0.25, -0.2) is 14.2 Å². The predicted molar refractivity (Wildman–Crippen MR) is 266 cm³/mol. The van der Waals surface area contributed by atoms with E-state index in [1.54, 1.807) is 57.2 Å². The summed E-state index contributed by atoms with van der Waals surface area (Å²) in [7, 11) is 0. The van der Waals surface area contributed by atoms with E-state index in [9.17, 15) is 53.1 Å². The second kappa shape index (κ2) is 22.1. The quantitative estimate of drug-likeness (QED) is 0.0341. The zero-order valence-corrected chi connectivity index (χ0v) is 41.7. The Morgan fingerprint density at radius 3 is 2.36 bits per heavy atom. The summed E-state index contributed by atoms with van der Waals surface area (Å²) < 4.78 is 22.3. The van der Waals surface area contributed by atoms with E-state index in [2.05, 4.69) is 21.3 Å². The summed E-state index contributed by atoms with van der Waals surface area (Å²) >= 11 is 0. The molecule has 4 aliphatic rings. The number of nitrogens with one attached hydrogen (secondary N) is 4. The Morgan fingerprint density at radius 1 is 0.947 bits per heavy atom. The third kappa shape index (κ3) is 11.1. The van der Waals surface area contributed by atoms with Gasteiger partial charge in [-0.05, 0) is 67.3 Å². The maximum absolute atomic E-state index is 15.6. The number of aromatic nitrogens is 2. The summed E-state index contributed by atoms with van der Waals surface area (Å²) in [6.45, 7) is 2.74. The van der Waals surface area contributed by atoms with Crippen molar-refractivity contribution in [1.29, 1.82) is 0 Å². The number of unbranched alkanes of at least 4 members (excludes halogenated alkanes) is 2. The van der Waals surface area contributed by atoms with E-state index in [0.29, 0.717) is 76.7 Å². The molecule has 8 amide bonds. The van der Waals surface area contributed by atoms with E-state index in [1.807, 2.05) is 0 Å². The third-order valence-corrected chi connectivity index (χ3v) is 14.3. The van der Waals surface area contributed by atoms with E-state index in [4.69, 9.17) is 15.5 Å². The number of hydrogen-bond donors (Lipinski definition) is 6. The van der Waals surface area contributed by atoms with Gasteiger partial charge in [-0.1, -0.05) is 50.6 Å². The van der Waals surface area contributed by atoms with E-state index in [-0.39, 0.29) is 74.0 Å². The zero-order valence-electron chi connectivity index (χ0n) is 41.7. The third-order valence-electron chi connectivity index (χ3n) is 14.3. The van der Waals surface area contributed by atoms with Gasteiger partial charge < -0.3 is 46.3 Å². The molecule has 5 heterocycles. The van der Waals surface area contributed by atoms with Gasteiger partial charge >= 0.3 is 5.97 Å². The van der Waals surface area contributed by atoms with Crippen LogP contribution in [0.4, 0.5) is 4.39 Å². The second-order valence-corrected chi connectivity index (χ2v) is 19.3. The second-order valence-electron chi connectivity index (χ2n) is 19.3. The van der Waals surface area contributed by atoms with Crippen molar-refractivity contribution in [3.63, 3.8) is 0 Å². The normalized spacial score (nSPS) is 17.9. The molecule has 2 aromatic heterocycles. The number of cyclic esters (lactones) is 1. The summed E-state index contributed by atoms with van der Waals surface area (Å²) in [6.07, 6.45) is 4.54. The summed E-state index contributed by atoms with van der Waals surface area (Å²) in [5, 5.41) is 22.7. The van der Waals surface area contributed by atoms with Crippen LogP contribution < -0.4 is 32.6 Å². The Balaban J connectivity index is 0.944. The lowest BCUT2D eigenvalue weighted by atomic mass is 9.81. The number of hydrogen-bond acceptors (Lipinski definition) is 13. The lowest BCUT2D eigenvalue weighted by Gasteiger charge is -2.32. The number of imide groups is 1. The number of ether oxygens (including phenoxy) is 1. The fraction of sp³-hybridized carbons (Fsp3) is 0.415. The largest absolute Gasteiger partial charge is 0.458 e. The average molecular weight is 1030 g/mol. The number of fused-ring (bicyclic) bond motifs is 5. The molecular formula is C53H58FN9O12. The van der Waals surface area contributed by atoms with Crippen LogP contribution >= 0.6 is 0 Å². The van der Waals surface area contributed by atoms with Crippen LogP contribution in [0.5, 0.6) is 0 Å². The first-order valence-electron chi connectivity index (χ1n) is 24.9. The van der Waals surface area contributed by atoms with Gasteiger partial charge in [-0.15, -0.1) is 0 Å². The van der Waals surface area contributed by atoms with Crippen LogP contribution in [0.2, 0.25) is 0 Å². The number of rotatable bonds is 21. The molecule has 0 fully saturated rings. The predicted octanol–water partition coefficient (Wildman–Crippen LogP) is 1.03. The van der Waals surface area contributed by atoms with Crippen molar-refractivity contribution in [2.75, 3.05) is 32.7 Å². The number of aryl methyl sites for hydroxylation is 1. The highest BCUT2D eigenvalue weighted by Gasteiger charge is 2.46. The van der Waals surface area contributed by atoms with Gasteiger partial charge in [0.15, 0.2) is 5.60 Å². The van der Waals surface area contributed by atoms with Crippen LogP contribution in [0.15, 0.2) is 59.4 Å². The molecule has 22 heteroatoms. The number of amides is 8. The molecule has 0 saturated carbocycles. The number of carbonyl (C=O) groups is 9. The minimum absolute atomic E-state index is 0.0110. The summed E-state index contributed by atoms with van der Waals surface area (Å²) in [5.41, 5.74) is 7.13. The number of esters is 1. The van der Waals surface area contributed by atoms with Crippen LogP contribution in [-0.2, 0) is 79.5 Å². The lowest BCUT2D eigenvalue weighted by Crippen LogP contribution is -2.55. The maximum atomic E-state index is 15.6. The first-order valence-corrected chi connectivity index (χ1v) is 24.9. The van der Waals surface area contributed by atoms with Gasteiger partial charge in [0, 0.05) is 60.7 Å². The van der Waals surface area contributed by atoms with Gasteiger partial charge in [-0.3, -0.25) is 48.1 Å². The number of benzene rings is 2. The van der Waals surface area contributed by atoms with Crippen LogP contribution in [0.25, 0.3) is 22.3 Å². The molecule has 21 nitrogen and oxygen atoms in total. The van der Waals surface area contributed by atoms with Crippen molar-refractivity contribution in [3.8, 4) is 11.4 Å². The van der Waals surface area contributed by atoms with Crippen LogP contribution in [-0.4, -0.2) is 116 Å². The molecule has 0 saturated heterocycles. The van der Waals surface area contributed by atoms with Crippen molar-refractivity contribution < 1.29 is 57.4 Å². The van der Waals surface area contributed by atoms with Gasteiger partial charge in [0.1, 0.15) is 18.5 Å². The summed E-state index contributed by atoms with van der Waals surface area (Å²) in [5.74, 6) is -7.17. The number of nitrogens with zero attached hydrogens (tertiary/aromatic N) is 4. The number of aliphatic hydroxyl groups is 1. The van der Waals surface area contributed by atoms with E-state index in [0.717, 1.165) is 9.80 Å². The number of nitrogens with two attached hydrogens (primary N) is 1. The van der Waals surface area contributed by atoms with Gasteiger partial charge in [-0.2, -0.15) is 0 Å². The Morgan fingerprint density at radius 2 is 1.65 bits per heavy atom. The summed E-state index contributed by atoms with van der Waals surface area (Å²) in [4.78, 5) is 137. The lowest BCUT2D eigenvalue weighted by molar-refractivity contribution is -0.172. The van der Waals surface area contributed by atoms with Gasteiger partial charge in [0.05, 0.1) is 60.6 Å². The topological polar surface area (TPSA) is 299 Å². The average Bonchev–Trinajstić information content (AvgIpc) is 3.93. The molecule has 0 spiro atoms. The van der Waals surface area contributed by atoms with Gasteiger partial charge in [0.2, 0.25) is 35.4 Å². The molecule has 75 heavy (non-hydrogen) atoms. The number of halogens is 1. The van der Waals surface area contributed by atoms with Crippen molar-refractivity contribution in [2.24, 2.45) is 11.7 Å². The standard InChI is InChI=1S/C53H58FN9O12/c1-4-53(74)34-20-39-48-32(25-63(39)50(71)33(34)27-75-52(53)73)47-36(15-14-31-29(3)35(54)21-37(59-48)46(31)47)60-49(70)28(2)24-61(26-40(55)64)51(72)38(19-30-11-7-5-8-12-30)58-43(67)23-57-42(66)22-56-41(65)13-9-6-10-18-62-44(68)16-17-45(62)69/h5,7-8,11-12,16-17,20-21,28,36,38,74H,4,6,9-10,13-15,18-19,22-27H2,1-3H3,(H2,55,64)(H,56,65)(H,57,66)(H,58,67)(H,60,70)/t28-,36+,38+,53+/m1/s1. The maximum Gasteiger partial charge on any atom is 0.343 e. The molecule has 4 aromatic rings. The summed E-state index contributed by atoms with van der Waals surface area (Å²) in [6, 6.07) is 9.53. The molecular weight excluding hydrogens is 974 g/mol. The van der Waals surface area contributed by atoms with Crippen LogP contribution in [0.3, 0.4) is 0 Å². The number of carbonyl (C=O) groups excluding carboxylic acids is 9. The van der Waals surface area contributed by atoms with Crippen molar-refractivity contribution >= 4 is 64.1 Å². The smallest absolute Gasteiger partial charge is 0.343 e. The number of primary amides is 1. The fourth-order valence-electron chi connectivity index (χ4n) is 10.3. The highest BCUT2D eigenvalue weighted by molar-refractivity contribution is 6.12. The van der Waals surface area contributed by atoms with Crippen LogP contribution in [0, 0.1) is 18.7 Å².